The largest absolute Gasteiger partial charge is 0.354 e. The summed E-state index contributed by atoms with van der Waals surface area (Å²) in [5.74, 6) is 0.268. The van der Waals surface area contributed by atoms with Gasteiger partial charge < -0.3 is 10.6 Å². The van der Waals surface area contributed by atoms with Crippen molar-refractivity contribution >= 4 is 23.5 Å². The van der Waals surface area contributed by atoms with E-state index in [0.29, 0.717) is 24.6 Å². The Bertz CT molecular complexity index is 838. The lowest BCUT2D eigenvalue weighted by Gasteiger charge is -2.07. The topological polar surface area (TPSA) is 79.8 Å². The van der Waals surface area contributed by atoms with Gasteiger partial charge in [0.1, 0.15) is 0 Å². The van der Waals surface area contributed by atoms with Crippen LogP contribution in [0.3, 0.4) is 0 Å². The first-order chi connectivity index (χ1) is 12.7. The molecular formula is C19H18ClN5O. The fourth-order valence-electron chi connectivity index (χ4n) is 2.29. The van der Waals surface area contributed by atoms with Crippen molar-refractivity contribution in [2.45, 2.75) is 13.0 Å². The highest BCUT2D eigenvalue weighted by atomic mass is 35.5. The number of hydrogen-bond donors (Lipinski definition) is 2. The number of pyridine rings is 1. The fourth-order valence-corrected chi connectivity index (χ4v) is 2.42. The average molecular weight is 368 g/mol. The first-order valence-corrected chi connectivity index (χ1v) is 8.56. The fraction of sp³-hybridized carbons (Fsp3) is 0.158. The van der Waals surface area contributed by atoms with Crippen LogP contribution in [0.15, 0.2) is 61.2 Å². The van der Waals surface area contributed by atoms with Crippen LogP contribution >= 0.6 is 11.6 Å². The van der Waals surface area contributed by atoms with Crippen molar-refractivity contribution < 1.29 is 4.79 Å². The van der Waals surface area contributed by atoms with Crippen molar-refractivity contribution in [1.82, 2.24) is 20.3 Å². The van der Waals surface area contributed by atoms with E-state index >= 15 is 0 Å². The highest BCUT2D eigenvalue weighted by molar-refractivity contribution is 6.30. The molecule has 7 heteroatoms. The lowest BCUT2D eigenvalue weighted by atomic mass is 10.1. The number of aromatic nitrogens is 3. The van der Waals surface area contributed by atoms with E-state index < -0.39 is 0 Å². The van der Waals surface area contributed by atoms with Crippen LogP contribution in [-0.4, -0.2) is 27.4 Å². The Balaban J connectivity index is 1.46. The van der Waals surface area contributed by atoms with Crippen LogP contribution in [-0.2, 0) is 13.0 Å². The molecule has 26 heavy (non-hydrogen) atoms. The van der Waals surface area contributed by atoms with Crippen LogP contribution in [0.5, 0.6) is 0 Å². The smallest absolute Gasteiger partial charge is 0.254 e. The molecule has 0 saturated carbocycles. The van der Waals surface area contributed by atoms with E-state index in [0.717, 1.165) is 17.0 Å². The van der Waals surface area contributed by atoms with Gasteiger partial charge in [-0.05, 0) is 35.7 Å². The second kappa shape index (κ2) is 8.92. The molecule has 0 aliphatic rings. The quantitative estimate of drug-likeness (QED) is 0.670. The summed E-state index contributed by atoms with van der Waals surface area (Å²) in [6.07, 6.45) is 7.25. The Morgan fingerprint density at radius 1 is 1.00 bits per heavy atom. The minimum atomic E-state index is -0.221. The van der Waals surface area contributed by atoms with Gasteiger partial charge in [0.2, 0.25) is 5.95 Å². The van der Waals surface area contributed by atoms with Gasteiger partial charge in [0.15, 0.2) is 0 Å². The second-order valence-corrected chi connectivity index (χ2v) is 6.08. The summed E-state index contributed by atoms with van der Waals surface area (Å²) in [5, 5.41) is 6.67. The zero-order chi connectivity index (χ0) is 18.2. The highest BCUT2D eigenvalue weighted by Gasteiger charge is 2.07. The molecule has 1 aromatic carbocycles. The summed E-state index contributed by atoms with van der Waals surface area (Å²) >= 11 is 5.87. The average Bonchev–Trinajstić information content (AvgIpc) is 2.69. The Labute approximate surface area is 156 Å². The molecular weight excluding hydrogens is 350 g/mol. The van der Waals surface area contributed by atoms with Crippen molar-refractivity contribution in [1.29, 1.82) is 0 Å². The van der Waals surface area contributed by atoms with Crippen LogP contribution < -0.4 is 10.6 Å². The minimum absolute atomic E-state index is 0.221. The third-order valence-corrected chi connectivity index (χ3v) is 3.95. The number of rotatable bonds is 7. The predicted molar refractivity (Wildman–Crippen MR) is 101 cm³/mol. The molecule has 6 nitrogen and oxygen atoms in total. The SMILES string of the molecule is O=C(NCc1cccnc1)c1cnc(NCCc2ccc(Cl)cc2)nc1. The zero-order valence-corrected chi connectivity index (χ0v) is 14.8. The molecule has 0 radical (unpaired) electrons. The van der Waals surface area contributed by atoms with Gasteiger partial charge in [-0.25, -0.2) is 9.97 Å². The van der Waals surface area contributed by atoms with E-state index in [1.807, 2.05) is 36.4 Å². The van der Waals surface area contributed by atoms with Crippen molar-refractivity contribution in [3.05, 3.63) is 82.9 Å². The number of benzene rings is 1. The van der Waals surface area contributed by atoms with Crippen LogP contribution in [0, 0.1) is 0 Å². The number of carbonyl (C=O) groups excluding carboxylic acids is 1. The van der Waals surface area contributed by atoms with Gasteiger partial charge in [-0.3, -0.25) is 9.78 Å². The van der Waals surface area contributed by atoms with Gasteiger partial charge in [-0.15, -0.1) is 0 Å². The first kappa shape index (κ1) is 17.8. The molecule has 0 aliphatic heterocycles. The van der Waals surface area contributed by atoms with Crippen LogP contribution in [0.1, 0.15) is 21.5 Å². The molecule has 132 valence electrons. The number of carbonyl (C=O) groups is 1. The number of hydrogen-bond acceptors (Lipinski definition) is 5. The van der Waals surface area contributed by atoms with E-state index in [2.05, 4.69) is 25.6 Å². The summed E-state index contributed by atoms with van der Waals surface area (Å²) in [6.45, 7) is 1.10. The maximum Gasteiger partial charge on any atom is 0.254 e. The number of anilines is 1. The van der Waals surface area contributed by atoms with Crippen LogP contribution in [0.25, 0.3) is 0 Å². The summed E-state index contributed by atoms with van der Waals surface area (Å²) in [5.41, 5.74) is 2.52. The van der Waals surface area contributed by atoms with Crippen molar-refractivity contribution in [2.75, 3.05) is 11.9 Å². The monoisotopic (exact) mass is 367 g/mol. The molecule has 3 aromatic rings. The summed E-state index contributed by atoms with van der Waals surface area (Å²) < 4.78 is 0. The maximum atomic E-state index is 12.1. The predicted octanol–water partition coefficient (Wildman–Crippen LogP) is 3.11. The Hall–Kier alpha value is -2.99. The lowest BCUT2D eigenvalue weighted by molar-refractivity contribution is 0.0950. The summed E-state index contributed by atoms with van der Waals surface area (Å²) in [6, 6.07) is 11.4. The third kappa shape index (κ3) is 5.26. The van der Waals surface area contributed by atoms with Crippen molar-refractivity contribution in [3.63, 3.8) is 0 Å². The molecule has 0 fully saturated rings. The zero-order valence-electron chi connectivity index (χ0n) is 14.0. The van der Waals surface area contributed by atoms with Gasteiger partial charge >= 0.3 is 0 Å². The second-order valence-electron chi connectivity index (χ2n) is 5.64. The summed E-state index contributed by atoms with van der Waals surface area (Å²) in [4.78, 5) is 24.5. The van der Waals surface area contributed by atoms with E-state index in [1.54, 1.807) is 12.4 Å². The van der Waals surface area contributed by atoms with Gasteiger partial charge in [-0.2, -0.15) is 0 Å². The molecule has 0 atom stereocenters. The molecule has 0 aliphatic carbocycles. The van der Waals surface area contributed by atoms with E-state index in [9.17, 15) is 4.79 Å². The first-order valence-electron chi connectivity index (χ1n) is 8.18. The molecule has 1 amide bonds. The minimum Gasteiger partial charge on any atom is -0.354 e. The Morgan fingerprint density at radius 2 is 1.77 bits per heavy atom. The van der Waals surface area contributed by atoms with Crippen molar-refractivity contribution in [3.8, 4) is 0 Å². The van der Waals surface area contributed by atoms with E-state index in [1.165, 1.54) is 18.0 Å². The molecule has 0 saturated heterocycles. The maximum absolute atomic E-state index is 12.1. The third-order valence-electron chi connectivity index (χ3n) is 3.70. The molecule has 0 bridgehead atoms. The Morgan fingerprint density at radius 3 is 2.46 bits per heavy atom. The van der Waals surface area contributed by atoms with E-state index in [4.69, 9.17) is 11.6 Å². The molecule has 0 spiro atoms. The normalized spacial score (nSPS) is 10.3. The number of nitrogens with one attached hydrogen (secondary N) is 2. The molecule has 2 aromatic heterocycles. The van der Waals surface area contributed by atoms with Crippen molar-refractivity contribution in [2.24, 2.45) is 0 Å². The highest BCUT2D eigenvalue weighted by Crippen LogP contribution is 2.10. The van der Waals surface area contributed by atoms with Crippen LogP contribution in [0.4, 0.5) is 5.95 Å². The molecule has 0 unspecified atom stereocenters. The molecule has 2 heterocycles. The number of amides is 1. The van der Waals surface area contributed by atoms with Crippen LogP contribution in [0.2, 0.25) is 5.02 Å². The standard InChI is InChI=1S/C19H18ClN5O/c20-17-5-3-14(4-6-17)7-9-22-19-24-12-16(13-25-19)18(26)23-11-15-2-1-8-21-10-15/h1-6,8,10,12-13H,7,9,11H2,(H,23,26)(H,22,24,25). The summed E-state index contributed by atoms with van der Waals surface area (Å²) in [7, 11) is 0. The lowest BCUT2D eigenvalue weighted by Crippen LogP contribution is -2.23. The van der Waals surface area contributed by atoms with Gasteiger partial charge in [-0.1, -0.05) is 29.8 Å². The number of halogens is 1. The van der Waals surface area contributed by atoms with Gasteiger partial charge in [0, 0.05) is 42.9 Å². The molecule has 2 N–H and O–H groups in total. The van der Waals surface area contributed by atoms with E-state index in [-0.39, 0.29) is 5.91 Å². The van der Waals surface area contributed by atoms with Gasteiger partial charge in [0.05, 0.1) is 5.56 Å². The van der Waals surface area contributed by atoms with Gasteiger partial charge in [0.25, 0.3) is 5.91 Å². The number of nitrogens with zero attached hydrogens (tertiary/aromatic N) is 3. The molecule has 3 rings (SSSR count). The Kier molecular flexibility index (Phi) is 6.11.